The zero-order valence-corrected chi connectivity index (χ0v) is 15.2. The zero-order valence-electron chi connectivity index (χ0n) is 15.2. The topological polar surface area (TPSA) is 26.3 Å². The van der Waals surface area contributed by atoms with E-state index in [4.69, 9.17) is 4.74 Å². The molecule has 0 heterocycles. The molecule has 1 aromatic carbocycles. The molecule has 0 atom stereocenters. The van der Waals surface area contributed by atoms with Crippen molar-refractivity contribution in [2.24, 2.45) is 0 Å². The van der Waals surface area contributed by atoms with Gasteiger partial charge >= 0.3 is 18.3 Å². The fourth-order valence-electron chi connectivity index (χ4n) is 2.64. The SMILES string of the molecule is CCCCCCCCCCOC(=O)c1ccc(C(F)(F)F)c(C(F)(F)F)c1. The van der Waals surface area contributed by atoms with Crippen molar-refractivity contribution < 1.29 is 35.9 Å². The summed E-state index contributed by atoms with van der Waals surface area (Å²) < 4.78 is 81.6. The Kier molecular flexibility index (Phi) is 9.12. The molecule has 2 nitrogen and oxygen atoms in total. The monoisotopic (exact) mass is 398 g/mol. The molecular weight excluding hydrogens is 374 g/mol. The minimum atomic E-state index is -5.22. The summed E-state index contributed by atoms with van der Waals surface area (Å²) in [5.41, 5.74) is -4.26. The van der Waals surface area contributed by atoms with Crippen LogP contribution in [0.25, 0.3) is 0 Å². The summed E-state index contributed by atoms with van der Waals surface area (Å²) in [7, 11) is 0. The van der Waals surface area contributed by atoms with Gasteiger partial charge in [0.2, 0.25) is 0 Å². The van der Waals surface area contributed by atoms with Crippen molar-refractivity contribution in [1.29, 1.82) is 0 Å². The number of hydrogen-bond acceptors (Lipinski definition) is 2. The van der Waals surface area contributed by atoms with Gasteiger partial charge < -0.3 is 4.74 Å². The van der Waals surface area contributed by atoms with E-state index < -0.39 is 35.0 Å². The van der Waals surface area contributed by atoms with Crippen molar-refractivity contribution in [3.05, 3.63) is 34.9 Å². The molecule has 1 aromatic rings. The quantitative estimate of drug-likeness (QED) is 0.240. The molecule has 0 radical (unpaired) electrons. The second-order valence-corrected chi connectivity index (χ2v) is 6.37. The summed E-state index contributed by atoms with van der Waals surface area (Å²) in [6.07, 6.45) is -2.28. The van der Waals surface area contributed by atoms with E-state index in [1.165, 1.54) is 12.8 Å². The maximum atomic E-state index is 12.9. The Balaban J connectivity index is 2.54. The van der Waals surface area contributed by atoms with Crippen LogP contribution < -0.4 is 0 Å². The molecule has 0 spiro atoms. The second-order valence-electron chi connectivity index (χ2n) is 6.37. The number of ether oxygens (including phenoxy) is 1. The van der Waals surface area contributed by atoms with E-state index in [9.17, 15) is 31.1 Å². The molecule has 0 N–H and O–H groups in total. The fourth-order valence-corrected chi connectivity index (χ4v) is 2.64. The average molecular weight is 398 g/mol. The van der Waals surface area contributed by atoms with E-state index in [2.05, 4.69) is 6.92 Å². The molecule has 0 aliphatic rings. The first-order chi connectivity index (χ1) is 12.6. The number of carbonyl (C=O) groups is 1. The largest absolute Gasteiger partial charge is 0.462 e. The Labute approximate surface area is 154 Å². The predicted octanol–water partition coefficient (Wildman–Crippen LogP) is 7.02. The molecule has 0 bridgehead atoms. The molecule has 0 saturated carbocycles. The van der Waals surface area contributed by atoms with Crippen molar-refractivity contribution in [3.63, 3.8) is 0 Å². The minimum Gasteiger partial charge on any atom is -0.462 e. The first-order valence-electron chi connectivity index (χ1n) is 9.03. The maximum Gasteiger partial charge on any atom is 0.417 e. The summed E-state index contributed by atoms with van der Waals surface area (Å²) in [5.74, 6) is -1.06. The lowest BCUT2D eigenvalue weighted by atomic mass is 10.0. The Bertz CT molecular complexity index is 593. The highest BCUT2D eigenvalue weighted by atomic mass is 19.4. The Morgan fingerprint density at radius 2 is 1.33 bits per heavy atom. The van der Waals surface area contributed by atoms with Gasteiger partial charge in [-0.05, 0) is 24.6 Å². The second kappa shape index (κ2) is 10.6. The predicted molar refractivity (Wildman–Crippen MR) is 89.3 cm³/mol. The summed E-state index contributed by atoms with van der Waals surface area (Å²) >= 11 is 0. The number of rotatable bonds is 10. The number of unbranched alkanes of at least 4 members (excludes halogenated alkanes) is 7. The standard InChI is InChI=1S/C19H24F6O2/c1-2-3-4-5-6-7-8-9-12-27-17(26)14-10-11-15(18(20,21)22)16(13-14)19(23,24)25/h10-11,13H,2-9,12H2,1H3. The average Bonchev–Trinajstić information content (AvgIpc) is 2.58. The van der Waals surface area contributed by atoms with Crippen LogP contribution in [0.3, 0.4) is 0 Å². The van der Waals surface area contributed by atoms with E-state index in [1.54, 1.807) is 0 Å². The van der Waals surface area contributed by atoms with Crippen LogP contribution in [-0.4, -0.2) is 12.6 Å². The third-order valence-electron chi connectivity index (χ3n) is 4.10. The molecule has 0 saturated heterocycles. The number of alkyl halides is 6. The zero-order chi connectivity index (χ0) is 20.5. The van der Waals surface area contributed by atoms with Crippen LogP contribution in [0.4, 0.5) is 26.3 Å². The van der Waals surface area contributed by atoms with Gasteiger partial charge in [-0.25, -0.2) is 4.79 Å². The highest BCUT2D eigenvalue weighted by Gasteiger charge is 2.43. The number of halogens is 6. The number of esters is 1. The lowest BCUT2D eigenvalue weighted by molar-refractivity contribution is -0.162. The molecule has 0 aromatic heterocycles. The van der Waals surface area contributed by atoms with Crippen molar-refractivity contribution >= 4 is 5.97 Å². The molecule has 8 heteroatoms. The van der Waals surface area contributed by atoms with Gasteiger partial charge in [0.15, 0.2) is 0 Å². The van der Waals surface area contributed by atoms with Crippen molar-refractivity contribution in [2.45, 2.75) is 70.6 Å². The van der Waals surface area contributed by atoms with Gasteiger partial charge in [-0.3, -0.25) is 0 Å². The van der Waals surface area contributed by atoms with Crippen molar-refractivity contribution in [3.8, 4) is 0 Å². The highest BCUT2D eigenvalue weighted by Crippen LogP contribution is 2.40. The molecule has 27 heavy (non-hydrogen) atoms. The molecular formula is C19H24F6O2. The number of benzene rings is 1. The van der Waals surface area contributed by atoms with Crippen LogP contribution in [0.1, 0.15) is 79.8 Å². The molecule has 0 aliphatic heterocycles. The van der Waals surface area contributed by atoms with Gasteiger partial charge in [0.1, 0.15) is 0 Å². The van der Waals surface area contributed by atoms with E-state index in [-0.39, 0.29) is 18.7 Å². The van der Waals surface area contributed by atoms with E-state index in [0.29, 0.717) is 12.5 Å². The summed E-state index contributed by atoms with van der Waals surface area (Å²) in [4.78, 5) is 11.8. The van der Waals surface area contributed by atoms with Crippen LogP contribution >= 0.6 is 0 Å². The van der Waals surface area contributed by atoms with Crippen molar-refractivity contribution in [1.82, 2.24) is 0 Å². The summed E-state index contributed by atoms with van der Waals surface area (Å²) in [5, 5.41) is 0. The Morgan fingerprint density at radius 3 is 1.85 bits per heavy atom. The molecule has 0 unspecified atom stereocenters. The van der Waals surface area contributed by atoms with E-state index in [0.717, 1.165) is 32.1 Å². The summed E-state index contributed by atoms with van der Waals surface area (Å²) in [6, 6.07) is 1.16. The van der Waals surface area contributed by atoms with E-state index in [1.807, 2.05) is 0 Å². The van der Waals surface area contributed by atoms with Gasteiger partial charge in [0, 0.05) is 0 Å². The number of carbonyl (C=O) groups excluding carboxylic acids is 1. The normalized spacial score (nSPS) is 12.3. The third-order valence-corrected chi connectivity index (χ3v) is 4.10. The molecule has 1 rings (SSSR count). The maximum absolute atomic E-state index is 12.9. The van der Waals surface area contributed by atoms with Crippen LogP contribution in [0.2, 0.25) is 0 Å². The Morgan fingerprint density at radius 1 is 0.815 bits per heavy atom. The van der Waals surface area contributed by atoms with Gasteiger partial charge in [-0.15, -0.1) is 0 Å². The smallest absolute Gasteiger partial charge is 0.417 e. The van der Waals surface area contributed by atoms with Gasteiger partial charge in [0.25, 0.3) is 0 Å². The van der Waals surface area contributed by atoms with Crippen molar-refractivity contribution in [2.75, 3.05) is 6.61 Å². The molecule has 0 aliphatic carbocycles. The number of hydrogen-bond donors (Lipinski definition) is 0. The molecule has 0 amide bonds. The van der Waals surface area contributed by atoms with Gasteiger partial charge in [-0.2, -0.15) is 26.3 Å². The third kappa shape index (κ3) is 8.22. The van der Waals surface area contributed by atoms with E-state index >= 15 is 0 Å². The molecule has 0 fully saturated rings. The van der Waals surface area contributed by atoms with Crippen LogP contribution in [-0.2, 0) is 17.1 Å². The first-order valence-corrected chi connectivity index (χ1v) is 9.03. The van der Waals surface area contributed by atoms with Crippen LogP contribution in [0, 0.1) is 0 Å². The lowest BCUT2D eigenvalue weighted by Gasteiger charge is -2.16. The highest BCUT2D eigenvalue weighted by molar-refractivity contribution is 5.89. The molecule has 154 valence electrons. The minimum absolute atomic E-state index is 0.0240. The summed E-state index contributed by atoms with van der Waals surface area (Å²) in [6.45, 7) is 2.15. The van der Waals surface area contributed by atoms with Crippen LogP contribution in [0.15, 0.2) is 18.2 Å². The Hall–Kier alpha value is -1.73. The van der Waals surface area contributed by atoms with Gasteiger partial charge in [0.05, 0.1) is 23.3 Å². The lowest BCUT2D eigenvalue weighted by Crippen LogP contribution is -2.18. The van der Waals surface area contributed by atoms with Gasteiger partial charge in [-0.1, -0.05) is 51.9 Å². The van der Waals surface area contributed by atoms with Crippen LogP contribution in [0.5, 0.6) is 0 Å². The first kappa shape index (κ1) is 23.3. The fraction of sp³-hybridized carbons (Fsp3) is 0.632.